The summed E-state index contributed by atoms with van der Waals surface area (Å²) in [4.78, 5) is 0. The van der Waals surface area contributed by atoms with E-state index in [1.807, 2.05) is 0 Å². The van der Waals surface area contributed by atoms with E-state index in [4.69, 9.17) is 0 Å². The molecule has 1 aliphatic heterocycles. The number of hydrogen-bond acceptors (Lipinski definition) is 0. The Hall–Kier alpha value is -0.285. The SMILES string of the molecule is BC[C@@H](C)C[C@H]1CCC[P@]1c1ccccc1. The molecule has 0 aromatic heterocycles. The summed E-state index contributed by atoms with van der Waals surface area (Å²) in [5, 5.41) is 1.64. The van der Waals surface area contributed by atoms with Crippen molar-refractivity contribution in [1.29, 1.82) is 0 Å². The van der Waals surface area contributed by atoms with Crippen LogP contribution in [0.5, 0.6) is 0 Å². The predicted molar refractivity (Wildman–Crippen MR) is 78.0 cm³/mol. The first-order valence-corrected chi connectivity index (χ1v) is 8.22. The quantitative estimate of drug-likeness (QED) is 0.553. The van der Waals surface area contributed by atoms with E-state index >= 15 is 0 Å². The molecule has 0 unspecified atom stereocenters. The zero-order valence-corrected chi connectivity index (χ0v) is 11.4. The van der Waals surface area contributed by atoms with Crippen LogP contribution in [0.2, 0.25) is 6.32 Å². The molecule has 0 spiro atoms. The highest BCUT2D eigenvalue weighted by atomic mass is 31.1. The lowest BCUT2D eigenvalue weighted by Crippen LogP contribution is -2.13. The van der Waals surface area contributed by atoms with Gasteiger partial charge in [-0.25, -0.2) is 0 Å². The van der Waals surface area contributed by atoms with Crippen LogP contribution < -0.4 is 5.30 Å². The van der Waals surface area contributed by atoms with Crippen LogP contribution in [0, 0.1) is 5.92 Å². The van der Waals surface area contributed by atoms with E-state index in [1.54, 1.807) is 5.30 Å². The third-order valence-electron chi connectivity index (χ3n) is 3.84. The maximum Gasteiger partial charge on any atom is 0.101 e. The fourth-order valence-corrected chi connectivity index (χ4v) is 5.90. The molecule has 0 bridgehead atoms. The van der Waals surface area contributed by atoms with Gasteiger partial charge in [0.15, 0.2) is 0 Å². The lowest BCUT2D eigenvalue weighted by Gasteiger charge is -2.23. The van der Waals surface area contributed by atoms with Crippen molar-refractivity contribution in [1.82, 2.24) is 0 Å². The zero-order valence-electron chi connectivity index (χ0n) is 10.5. The first kappa shape index (κ1) is 12.2. The van der Waals surface area contributed by atoms with Gasteiger partial charge in [0, 0.05) is 0 Å². The molecule has 0 saturated carbocycles. The van der Waals surface area contributed by atoms with Crippen molar-refractivity contribution in [3.05, 3.63) is 30.3 Å². The number of rotatable bonds is 4. The molecule has 2 heteroatoms. The molecule has 0 N–H and O–H groups in total. The molecule has 1 aromatic rings. The first-order valence-electron chi connectivity index (χ1n) is 6.63. The molecule has 1 aliphatic rings. The Kier molecular flexibility index (Phi) is 4.47. The average molecular weight is 232 g/mol. The minimum absolute atomic E-state index is 0.158. The third kappa shape index (κ3) is 2.89. The fourth-order valence-electron chi connectivity index (χ4n) is 2.67. The van der Waals surface area contributed by atoms with Crippen molar-refractivity contribution in [3.8, 4) is 0 Å². The largest absolute Gasteiger partial charge is 0.101 e. The Balaban J connectivity index is 2.04. The Bertz CT molecular complexity index is 312. The second kappa shape index (κ2) is 5.87. The van der Waals surface area contributed by atoms with Gasteiger partial charge in [-0.15, -0.1) is 0 Å². The van der Waals surface area contributed by atoms with Gasteiger partial charge in [0.2, 0.25) is 0 Å². The molecule has 2 rings (SSSR count). The van der Waals surface area contributed by atoms with Crippen molar-refractivity contribution in [2.24, 2.45) is 5.92 Å². The summed E-state index contributed by atoms with van der Waals surface area (Å²) in [7, 11) is 2.48. The van der Waals surface area contributed by atoms with Gasteiger partial charge in [0.25, 0.3) is 0 Å². The Morgan fingerprint density at radius 1 is 1.38 bits per heavy atom. The molecule has 86 valence electrons. The lowest BCUT2D eigenvalue weighted by molar-refractivity contribution is 0.555. The number of benzene rings is 1. The monoisotopic (exact) mass is 232 g/mol. The zero-order chi connectivity index (χ0) is 11.4. The Morgan fingerprint density at radius 2 is 2.12 bits per heavy atom. The first-order chi connectivity index (χ1) is 7.81. The molecular formula is C14H22BP. The third-order valence-corrected chi connectivity index (χ3v) is 6.95. The average Bonchev–Trinajstić information content (AvgIpc) is 2.78. The highest BCUT2D eigenvalue weighted by Crippen LogP contribution is 2.51. The molecule has 0 amide bonds. The molecule has 1 heterocycles. The minimum Gasteiger partial charge on any atom is -0.0785 e. The van der Waals surface area contributed by atoms with E-state index in [-0.39, 0.29) is 7.92 Å². The molecule has 16 heavy (non-hydrogen) atoms. The summed E-state index contributed by atoms with van der Waals surface area (Å²) < 4.78 is 0. The van der Waals surface area contributed by atoms with E-state index in [2.05, 4.69) is 45.1 Å². The van der Waals surface area contributed by atoms with E-state index in [1.165, 1.54) is 31.7 Å². The fraction of sp³-hybridized carbons (Fsp3) is 0.571. The molecule has 0 radical (unpaired) electrons. The molecule has 1 aromatic carbocycles. The standard InChI is InChI=1S/C14H22BP/c1-12(11-15)10-14-8-5-9-16(14)13-6-3-2-4-7-13/h2-4,6-7,12,14H,5,8-11,15H2,1H3/t12-,14+,16+/m0/s1. The Morgan fingerprint density at radius 3 is 2.81 bits per heavy atom. The van der Waals surface area contributed by atoms with Crippen molar-refractivity contribution < 1.29 is 0 Å². The maximum absolute atomic E-state index is 2.41. The number of hydrogen-bond donors (Lipinski definition) is 0. The van der Waals surface area contributed by atoms with Crippen LogP contribution in [0.25, 0.3) is 0 Å². The minimum atomic E-state index is 0.158. The summed E-state index contributed by atoms with van der Waals surface area (Å²) in [6, 6.07) is 11.2. The summed E-state index contributed by atoms with van der Waals surface area (Å²) in [6.07, 6.45) is 7.21. The second-order valence-electron chi connectivity index (χ2n) is 5.07. The van der Waals surface area contributed by atoms with Crippen LogP contribution >= 0.6 is 7.92 Å². The van der Waals surface area contributed by atoms with Crippen molar-refractivity contribution in [2.45, 2.75) is 38.2 Å². The molecule has 0 aliphatic carbocycles. The smallest absolute Gasteiger partial charge is 0.0785 e. The normalized spacial score (nSPS) is 26.8. The second-order valence-corrected chi connectivity index (χ2v) is 7.71. The van der Waals surface area contributed by atoms with E-state index in [0.29, 0.717) is 0 Å². The summed E-state index contributed by atoms with van der Waals surface area (Å²) >= 11 is 0. The van der Waals surface area contributed by atoms with Gasteiger partial charge >= 0.3 is 0 Å². The van der Waals surface area contributed by atoms with Crippen LogP contribution in [0.4, 0.5) is 0 Å². The molecular weight excluding hydrogens is 210 g/mol. The van der Waals surface area contributed by atoms with Gasteiger partial charge in [-0.1, -0.05) is 57.4 Å². The highest BCUT2D eigenvalue weighted by Gasteiger charge is 2.28. The van der Waals surface area contributed by atoms with Gasteiger partial charge in [0.1, 0.15) is 7.85 Å². The van der Waals surface area contributed by atoms with Crippen LogP contribution in [-0.4, -0.2) is 19.7 Å². The van der Waals surface area contributed by atoms with E-state index < -0.39 is 0 Å². The molecule has 0 nitrogen and oxygen atoms in total. The van der Waals surface area contributed by atoms with Gasteiger partial charge < -0.3 is 0 Å². The van der Waals surface area contributed by atoms with Gasteiger partial charge in [-0.2, -0.15) is 0 Å². The van der Waals surface area contributed by atoms with Gasteiger partial charge in [0.05, 0.1) is 0 Å². The van der Waals surface area contributed by atoms with Crippen molar-refractivity contribution in [2.75, 3.05) is 6.16 Å². The van der Waals surface area contributed by atoms with Crippen LogP contribution in [0.15, 0.2) is 30.3 Å². The van der Waals surface area contributed by atoms with Gasteiger partial charge in [-0.3, -0.25) is 0 Å². The molecule has 3 atom stereocenters. The van der Waals surface area contributed by atoms with Crippen molar-refractivity contribution in [3.63, 3.8) is 0 Å². The van der Waals surface area contributed by atoms with E-state index in [9.17, 15) is 0 Å². The topological polar surface area (TPSA) is 0 Å². The summed E-state index contributed by atoms with van der Waals surface area (Å²) in [5.41, 5.74) is 1.01. The summed E-state index contributed by atoms with van der Waals surface area (Å²) in [5.74, 6) is 0.914. The predicted octanol–water partition coefficient (Wildman–Crippen LogP) is 3.03. The van der Waals surface area contributed by atoms with Crippen LogP contribution in [0.1, 0.15) is 26.2 Å². The van der Waals surface area contributed by atoms with Crippen LogP contribution in [0.3, 0.4) is 0 Å². The summed E-state index contributed by atoms with van der Waals surface area (Å²) in [6.45, 7) is 2.41. The molecule has 1 saturated heterocycles. The van der Waals surface area contributed by atoms with E-state index in [0.717, 1.165) is 11.6 Å². The highest BCUT2D eigenvalue weighted by molar-refractivity contribution is 7.66. The van der Waals surface area contributed by atoms with Crippen LogP contribution in [-0.2, 0) is 0 Å². The van der Waals surface area contributed by atoms with Crippen molar-refractivity contribution >= 4 is 21.1 Å². The lowest BCUT2D eigenvalue weighted by atomic mass is 9.89. The maximum atomic E-state index is 2.41. The molecule has 1 fully saturated rings. The van der Waals surface area contributed by atoms with Gasteiger partial charge in [-0.05, 0) is 36.4 Å². The Labute approximate surface area is 102 Å².